The highest BCUT2D eigenvalue weighted by Crippen LogP contribution is 2.23. The number of carbonyl (C=O) groups is 1. The summed E-state index contributed by atoms with van der Waals surface area (Å²) in [5.74, 6) is 0.142. The number of hydrogen-bond donors (Lipinski definition) is 2. The Balaban J connectivity index is 1.75. The lowest BCUT2D eigenvalue weighted by Crippen LogP contribution is -2.34. The van der Waals surface area contributed by atoms with E-state index in [1.807, 2.05) is 13.0 Å². The van der Waals surface area contributed by atoms with Gasteiger partial charge in [-0.15, -0.1) is 0 Å². The molecule has 3 rings (SSSR count). The van der Waals surface area contributed by atoms with Crippen LogP contribution in [0.2, 0.25) is 0 Å². The molecule has 26 heavy (non-hydrogen) atoms. The fraction of sp³-hybridized carbons (Fsp3) is 0.105. The Kier molecular flexibility index (Phi) is 4.99. The van der Waals surface area contributed by atoms with Gasteiger partial charge in [0.15, 0.2) is 5.11 Å². The molecule has 2 aromatic carbocycles. The summed E-state index contributed by atoms with van der Waals surface area (Å²) < 4.78 is 10.4. The molecule has 0 bridgehead atoms. The van der Waals surface area contributed by atoms with Gasteiger partial charge in [-0.3, -0.25) is 10.1 Å². The molecule has 132 valence electrons. The van der Waals surface area contributed by atoms with E-state index >= 15 is 0 Å². The zero-order valence-corrected chi connectivity index (χ0v) is 15.0. The van der Waals surface area contributed by atoms with E-state index in [2.05, 4.69) is 10.6 Å². The molecule has 0 unspecified atom stereocenters. The fourth-order valence-corrected chi connectivity index (χ4v) is 2.80. The molecule has 0 saturated heterocycles. The maximum absolute atomic E-state index is 12.5. The Hall–Kier alpha value is -3.19. The Morgan fingerprint density at radius 2 is 1.96 bits per heavy atom. The van der Waals surface area contributed by atoms with E-state index in [9.17, 15) is 9.59 Å². The van der Waals surface area contributed by atoms with Crippen molar-refractivity contribution in [3.05, 3.63) is 70.1 Å². The zero-order valence-electron chi connectivity index (χ0n) is 14.2. The maximum Gasteiger partial charge on any atom is 0.336 e. The number of benzene rings is 2. The van der Waals surface area contributed by atoms with E-state index in [4.69, 9.17) is 21.4 Å². The van der Waals surface area contributed by atoms with Gasteiger partial charge in [0.25, 0.3) is 5.91 Å². The molecule has 1 amide bonds. The van der Waals surface area contributed by atoms with Crippen LogP contribution < -0.4 is 21.0 Å². The van der Waals surface area contributed by atoms with Crippen molar-refractivity contribution in [3.63, 3.8) is 0 Å². The third-order valence-electron chi connectivity index (χ3n) is 3.76. The van der Waals surface area contributed by atoms with Crippen LogP contribution in [0.4, 0.5) is 5.69 Å². The van der Waals surface area contributed by atoms with Crippen LogP contribution in [-0.4, -0.2) is 18.1 Å². The van der Waals surface area contributed by atoms with E-state index in [0.29, 0.717) is 22.6 Å². The first kappa shape index (κ1) is 17.6. The van der Waals surface area contributed by atoms with Gasteiger partial charge >= 0.3 is 5.63 Å². The van der Waals surface area contributed by atoms with Crippen LogP contribution >= 0.6 is 12.2 Å². The second-order valence-corrected chi connectivity index (χ2v) is 5.98. The number of ether oxygens (including phenoxy) is 1. The molecule has 7 heteroatoms. The van der Waals surface area contributed by atoms with Crippen molar-refractivity contribution in [2.45, 2.75) is 6.92 Å². The summed E-state index contributed by atoms with van der Waals surface area (Å²) in [6.07, 6.45) is 0. The Morgan fingerprint density at radius 1 is 1.15 bits per heavy atom. The van der Waals surface area contributed by atoms with Gasteiger partial charge in [0.2, 0.25) is 0 Å². The van der Waals surface area contributed by atoms with Gasteiger partial charge in [-0.25, -0.2) is 4.79 Å². The van der Waals surface area contributed by atoms with E-state index in [-0.39, 0.29) is 11.0 Å². The molecular formula is C19H16N2O4S. The normalized spacial score (nSPS) is 10.4. The minimum absolute atomic E-state index is 0.148. The summed E-state index contributed by atoms with van der Waals surface area (Å²) >= 11 is 5.21. The predicted octanol–water partition coefficient (Wildman–Crippen LogP) is 3.24. The van der Waals surface area contributed by atoms with E-state index < -0.39 is 5.63 Å². The molecule has 0 radical (unpaired) electrons. The van der Waals surface area contributed by atoms with Crippen molar-refractivity contribution in [1.29, 1.82) is 0 Å². The molecule has 0 aliphatic rings. The molecule has 0 fully saturated rings. The summed E-state index contributed by atoms with van der Waals surface area (Å²) in [5.41, 5.74) is 1.98. The Bertz CT molecular complexity index is 1060. The predicted molar refractivity (Wildman–Crippen MR) is 104 cm³/mol. The SMILES string of the molecule is COc1c(C)cccc1C(=O)NC(=S)Nc1ccc2oc(=O)ccc2c1. The van der Waals surface area contributed by atoms with Crippen molar-refractivity contribution in [2.24, 2.45) is 0 Å². The van der Waals surface area contributed by atoms with Crippen LogP contribution in [0, 0.1) is 6.92 Å². The summed E-state index contributed by atoms with van der Waals surface area (Å²) in [6, 6.07) is 13.4. The number of amides is 1. The molecule has 6 nitrogen and oxygen atoms in total. The van der Waals surface area contributed by atoms with Crippen molar-refractivity contribution < 1.29 is 13.9 Å². The lowest BCUT2D eigenvalue weighted by atomic mass is 10.1. The second-order valence-electron chi connectivity index (χ2n) is 5.57. The number of carbonyl (C=O) groups excluding carboxylic acids is 1. The van der Waals surface area contributed by atoms with Crippen LogP contribution in [0.1, 0.15) is 15.9 Å². The number of thiocarbonyl (C=S) groups is 1. The number of anilines is 1. The minimum Gasteiger partial charge on any atom is -0.496 e. The molecule has 0 atom stereocenters. The number of aryl methyl sites for hydroxylation is 1. The highest BCUT2D eigenvalue weighted by molar-refractivity contribution is 7.80. The molecular weight excluding hydrogens is 352 g/mol. The highest BCUT2D eigenvalue weighted by Gasteiger charge is 2.15. The highest BCUT2D eigenvalue weighted by atomic mass is 32.1. The Labute approximate surface area is 154 Å². The van der Waals surface area contributed by atoms with Crippen LogP contribution in [-0.2, 0) is 0 Å². The number of rotatable bonds is 3. The van der Waals surface area contributed by atoms with E-state index in [1.54, 1.807) is 36.4 Å². The first-order chi connectivity index (χ1) is 12.5. The zero-order chi connectivity index (χ0) is 18.7. The molecule has 0 aliphatic carbocycles. The van der Waals surface area contributed by atoms with Gasteiger partial charge in [0, 0.05) is 17.1 Å². The minimum atomic E-state index is -0.409. The van der Waals surface area contributed by atoms with Gasteiger partial charge in [-0.2, -0.15) is 0 Å². The average molecular weight is 368 g/mol. The average Bonchev–Trinajstić information content (AvgIpc) is 2.61. The lowest BCUT2D eigenvalue weighted by molar-refractivity contribution is 0.0974. The van der Waals surface area contributed by atoms with Crippen molar-refractivity contribution in [1.82, 2.24) is 5.32 Å². The summed E-state index contributed by atoms with van der Waals surface area (Å²) in [4.78, 5) is 23.7. The van der Waals surface area contributed by atoms with Gasteiger partial charge in [-0.1, -0.05) is 12.1 Å². The molecule has 1 heterocycles. The summed E-state index contributed by atoms with van der Waals surface area (Å²) in [6.45, 7) is 1.86. The van der Waals surface area contributed by atoms with Crippen LogP contribution in [0.25, 0.3) is 11.0 Å². The first-order valence-electron chi connectivity index (χ1n) is 7.78. The first-order valence-corrected chi connectivity index (χ1v) is 8.18. The van der Waals surface area contributed by atoms with Crippen molar-refractivity contribution in [3.8, 4) is 5.75 Å². The van der Waals surface area contributed by atoms with Gasteiger partial charge in [0.1, 0.15) is 11.3 Å². The molecule has 0 spiro atoms. The number of methoxy groups -OCH3 is 1. The second kappa shape index (κ2) is 7.37. The quantitative estimate of drug-likeness (QED) is 0.546. The lowest BCUT2D eigenvalue weighted by Gasteiger charge is -2.13. The largest absolute Gasteiger partial charge is 0.496 e. The standard InChI is InChI=1S/C19H16N2O4S/c1-11-4-3-5-14(17(11)24-2)18(23)21-19(26)20-13-7-8-15-12(10-13)6-9-16(22)25-15/h3-10H,1-2H3,(H2,20,21,23,26). The summed E-state index contributed by atoms with van der Waals surface area (Å²) in [5, 5.41) is 6.46. The Morgan fingerprint density at radius 3 is 2.73 bits per heavy atom. The van der Waals surface area contributed by atoms with Gasteiger partial charge in [0.05, 0.1) is 12.7 Å². The van der Waals surface area contributed by atoms with Crippen molar-refractivity contribution in [2.75, 3.05) is 12.4 Å². The molecule has 3 aromatic rings. The third-order valence-corrected chi connectivity index (χ3v) is 3.97. The van der Waals surface area contributed by atoms with Crippen LogP contribution in [0.3, 0.4) is 0 Å². The monoisotopic (exact) mass is 368 g/mol. The molecule has 1 aromatic heterocycles. The van der Waals surface area contributed by atoms with Gasteiger partial charge in [-0.05, 0) is 55.0 Å². The van der Waals surface area contributed by atoms with E-state index in [1.165, 1.54) is 13.2 Å². The third kappa shape index (κ3) is 3.73. The summed E-state index contributed by atoms with van der Waals surface area (Å²) in [7, 11) is 1.52. The molecule has 0 aliphatic heterocycles. The number of fused-ring (bicyclic) bond motifs is 1. The smallest absolute Gasteiger partial charge is 0.336 e. The maximum atomic E-state index is 12.5. The van der Waals surface area contributed by atoms with Crippen LogP contribution in [0.5, 0.6) is 5.75 Å². The number of para-hydroxylation sites is 1. The number of nitrogens with one attached hydrogen (secondary N) is 2. The molecule has 2 N–H and O–H groups in total. The molecule has 0 saturated carbocycles. The topological polar surface area (TPSA) is 80.6 Å². The fourth-order valence-electron chi connectivity index (χ4n) is 2.58. The van der Waals surface area contributed by atoms with Gasteiger partial charge < -0.3 is 14.5 Å². The van der Waals surface area contributed by atoms with Crippen molar-refractivity contribution >= 4 is 39.9 Å². The van der Waals surface area contributed by atoms with E-state index in [0.717, 1.165) is 10.9 Å². The van der Waals surface area contributed by atoms with Crippen LogP contribution in [0.15, 0.2) is 57.7 Å². The number of hydrogen-bond acceptors (Lipinski definition) is 5.